The number of carbonyl (C=O) groups excluding carboxylic acids is 1. The molecule has 0 saturated heterocycles. The maximum Gasteiger partial charge on any atom is 0.409 e. The van der Waals surface area contributed by atoms with Gasteiger partial charge in [0.05, 0.1) is 41.4 Å². The second-order valence-electron chi connectivity index (χ2n) is 8.54. The number of carboxylic acid groups (broad SMARTS) is 1. The van der Waals surface area contributed by atoms with E-state index in [1.807, 2.05) is 6.92 Å². The number of carbonyl (C=O) groups is 2. The third-order valence-electron chi connectivity index (χ3n) is 6.00. The third-order valence-corrected chi connectivity index (χ3v) is 6.00. The molecule has 1 amide bonds. The molecule has 10 nitrogen and oxygen atoms in total. The van der Waals surface area contributed by atoms with Crippen LogP contribution < -0.4 is 4.74 Å². The van der Waals surface area contributed by atoms with E-state index in [0.29, 0.717) is 47.9 Å². The molecule has 0 aromatic carbocycles. The monoisotopic (exact) mass is 459 g/mol. The molecule has 2 heterocycles. The van der Waals surface area contributed by atoms with Gasteiger partial charge in [-0.2, -0.15) is 5.10 Å². The molecule has 3 rings (SSSR count). The fourth-order valence-corrected chi connectivity index (χ4v) is 3.91. The number of nitrogens with zero attached hydrogens (tertiary/aromatic N) is 5. The number of unbranched alkanes of at least 4 members (excludes halogenated alkanes) is 1. The fraction of sp³-hybridized carbons (Fsp3) is 0.609. The van der Waals surface area contributed by atoms with E-state index in [0.717, 1.165) is 25.7 Å². The minimum Gasteiger partial charge on any atom is -0.487 e. The van der Waals surface area contributed by atoms with Gasteiger partial charge in [0.1, 0.15) is 6.61 Å². The first-order valence-electron chi connectivity index (χ1n) is 11.4. The van der Waals surface area contributed by atoms with Gasteiger partial charge in [-0.1, -0.05) is 13.3 Å². The van der Waals surface area contributed by atoms with E-state index in [1.165, 1.54) is 0 Å². The van der Waals surface area contributed by atoms with Gasteiger partial charge in [-0.3, -0.25) is 9.48 Å². The highest BCUT2D eigenvalue weighted by Gasteiger charge is 2.28. The Bertz CT molecular complexity index is 976. The van der Waals surface area contributed by atoms with Crippen LogP contribution in [0.5, 0.6) is 5.75 Å². The number of ether oxygens (including phenoxy) is 2. The molecule has 2 aromatic rings. The first kappa shape index (κ1) is 24.5. The summed E-state index contributed by atoms with van der Waals surface area (Å²) in [6, 6.07) is 0. The molecule has 1 aliphatic rings. The highest BCUT2D eigenvalue weighted by molar-refractivity contribution is 5.70. The van der Waals surface area contributed by atoms with Crippen molar-refractivity contribution in [1.29, 1.82) is 0 Å². The summed E-state index contributed by atoms with van der Waals surface area (Å²) in [7, 11) is 3.50. The second kappa shape index (κ2) is 11.1. The summed E-state index contributed by atoms with van der Waals surface area (Å²) in [4.78, 5) is 34.2. The van der Waals surface area contributed by atoms with Crippen LogP contribution in [0.3, 0.4) is 0 Å². The molecule has 1 aliphatic carbocycles. The molecule has 2 atom stereocenters. The van der Waals surface area contributed by atoms with Gasteiger partial charge < -0.3 is 19.5 Å². The highest BCUT2D eigenvalue weighted by atomic mass is 16.6. The van der Waals surface area contributed by atoms with Crippen LogP contribution in [0, 0.1) is 12.8 Å². The van der Waals surface area contributed by atoms with E-state index in [1.54, 1.807) is 36.1 Å². The molecule has 0 aliphatic heterocycles. The van der Waals surface area contributed by atoms with Crippen LogP contribution in [-0.4, -0.2) is 61.5 Å². The number of carboxylic acids is 1. The number of amides is 1. The molecule has 33 heavy (non-hydrogen) atoms. The van der Waals surface area contributed by atoms with Gasteiger partial charge in [0, 0.05) is 20.6 Å². The van der Waals surface area contributed by atoms with E-state index >= 15 is 0 Å². The summed E-state index contributed by atoms with van der Waals surface area (Å²) in [6.45, 7) is 4.60. The lowest BCUT2D eigenvalue weighted by molar-refractivity contribution is -0.143. The molecular formula is C23H33N5O5. The quantitative estimate of drug-likeness (QED) is 0.604. The number of aryl methyl sites for hydroxylation is 2. The van der Waals surface area contributed by atoms with Crippen molar-refractivity contribution >= 4 is 12.1 Å². The van der Waals surface area contributed by atoms with Crippen molar-refractivity contribution < 1.29 is 24.2 Å². The molecule has 1 saturated carbocycles. The Labute approximate surface area is 193 Å². The molecule has 10 heteroatoms. The van der Waals surface area contributed by atoms with Crippen LogP contribution in [0.2, 0.25) is 0 Å². The van der Waals surface area contributed by atoms with Crippen molar-refractivity contribution in [2.45, 2.75) is 65.1 Å². The summed E-state index contributed by atoms with van der Waals surface area (Å²) in [5.41, 5.74) is 2.03. The summed E-state index contributed by atoms with van der Waals surface area (Å²) < 4.78 is 13.2. The van der Waals surface area contributed by atoms with Gasteiger partial charge >= 0.3 is 12.1 Å². The summed E-state index contributed by atoms with van der Waals surface area (Å²) in [5, 5.41) is 13.6. The van der Waals surface area contributed by atoms with Crippen LogP contribution in [0.1, 0.15) is 56.8 Å². The molecule has 1 N–H and O–H groups in total. The number of aromatic nitrogens is 4. The Morgan fingerprint density at radius 1 is 1.30 bits per heavy atom. The Morgan fingerprint density at radius 2 is 2.09 bits per heavy atom. The normalized spacial score (nSPS) is 18.1. The van der Waals surface area contributed by atoms with E-state index in [2.05, 4.69) is 22.0 Å². The van der Waals surface area contributed by atoms with Gasteiger partial charge in [0.25, 0.3) is 0 Å². The molecule has 0 spiro atoms. The zero-order valence-electron chi connectivity index (χ0n) is 19.8. The Kier molecular flexibility index (Phi) is 8.24. The van der Waals surface area contributed by atoms with Gasteiger partial charge in [0.15, 0.2) is 11.6 Å². The van der Waals surface area contributed by atoms with Crippen LogP contribution in [-0.2, 0) is 23.2 Å². The van der Waals surface area contributed by atoms with E-state index < -0.39 is 5.97 Å². The molecule has 180 valence electrons. The maximum atomic E-state index is 12.2. The summed E-state index contributed by atoms with van der Waals surface area (Å²) >= 11 is 0. The fourth-order valence-electron chi connectivity index (χ4n) is 3.91. The summed E-state index contributed by atoms with van der Waals surface area (Å²) in [5.74, 6) is -0.131. The van der Waals surface area contributed by atoms with Crippen molar-refractivity contribution in [3.05, 3.63) is 23.8 Å². The lowest BCUT2D eigenvalue weighted by atomic mass is 9.87. The van der Waals surface area contributed by atoms with E-state index in [9.17, 15) is 14.7 Å². The number of hydrogen-bond donors (Lipinski definition) is 1. The smallest absolute Gasteiger partial charge is 0.409 e. The molecule has 1 fully saturated rings. The van der Waals surface area contributed by atoms with Gasteiger partial charge in [-0.05, 0) is 39.0 Å². The van der Waals surface area contributed by atoms with Gasteiger partial charge in [-0.25, -0.2) is 14.8 Å². The minimum atomic E-state index is -0.770. The average Bonchev–Trinajstić information content (AvgIpc) is 3.17. The minimum absolute atomic E-state index is 0.0560. The lowest BCUT2D eigenvalue weighted by Crippen LogP contribution is -2.29. The molecule has 2 aromatic heterocycles. The van der Waals surface area contributed by atoms with Crippen molar-refractivity contribution in [3.63, 3.8) is 0 Å². The Balaban J connectivity index is 1.68. The Hall–Kier alpha value is -3.17. The standard InChI is InChI=1S/C23H33N5O5/c1-5-6-10-27(3)23(31)32-14-19-18(12-25-28(19)4)21-24-13-20(15(2)26-21)33-17-9-7-8-16(11-17)22(29)30/h12-13,16-17H,5-11,14H2,1-4H3,(H,29,30)/t16-,17-/m0/s1. The van der Waals surface area contributed by atoms with Gasteiger partial charge in [-0.15, -0.1) is 0 Å². The zero-order valence-corrected chi connectivity index (χ0v) is 19.8. The second-order valence-corrected chi connectivity index (χ2v) is 8.54. The topological polar surface area (TPSA) is 120 Å². The van der Waals surface area contributed by atoms with Crippen molar-refractivity contribution in [1.82, 2.24) is 24.6 Å². The van der Waals surface area contributed by atoms with Crippen molar-refractivity contribution in [2.24, 2.45) is 13.0 Å². The molecule has 0 radical (unpaired) electrons. The number of hydrogen-bond acceptors (Lipinski definition) is 7. The highest BCUT2D eigenvalue weighted by Crippen LogP contribution is 2.30. The van der Waals surface area contributed by atoms with Gasteiger partial charge in [0.2, 0.25) is 0 Å². The van der Waals surface area contributed by atoms with E-state index in [4.69, 9.17) is 9.47 Å². The van der Waals surface area contributed by atoms with Crippen LogP contribution >= 0.6 is 0 Å². The average molecular weight is 460 g/mol. The molecular weight excluding hydrogens is 426 g/mol. The van der Waals surface area contributed by atoms with Crippen LogP contribution in [0.25, 0.3) is 11.4 Å². The Morgan fingerprint density at radius 3 is 2.79 bits per heavy atom. The molecule has 0 bridgehead atoms. The zero-order chi connectivity index (χ0) is 24.0. The number of aliphatic carboxylic acids is 1. The first-order valence-corrected chi connectivity index (χ1v) is 11.4. The number of rotatable bonds is 9. The predicted molar refractivity (Wildman–Crippen MR) is 121 cm³/mol. The SMILES string of the molecule is CCCCN(C)C(=O)OCc1c(-c2ncc(O[C@H]3CCC[C@H](C(=O)O)C3)c(C)n2)cnn1C. The largest absolute Gasteiger partial charge is 0.487 e. The summed E-state index contributed by atoms with van der Waals surface area (Å²) in [6.07, 6.45) is 7.45. The predicted octanol–water partition coefficient (Wildman–Crippen LogP) is 3.58. The van der Waals surface area contributed by atoms with Crippen LogP contribution in [0.15, 0.2) is 12.4 Å². The van der Waals surface area contributed by atoms with Crippen LogP contribution in [0.4, 0.5) is 4.79 Å². The van der Waals surface area contributed by atoms with Crippen molar-refractivity contribution in [2.75, 3.05) is 13.6 Å². The molecule has 0 unspecified atom stereocenters. The van der Waals surface area contributed by atoms with E-state index in [-0.39, 0.29) is 24.7 Å². The third kappa shape index (κ3) is 6.21. The first-order chi connectivity index (χ1) is 15.8. The lowest BCUT2D eigenvalue weighted by Gasteiger charge is -2.27. The van der Waals surface area contributed by atoms with Crippen molar-refractivity contribution in [3.8, 4) is 17.1 Å². The maximum absolute atomic E-state index is 12.2.